The van der Waals surface area contributed by atoms with Crippen molar-refractivity contribution in [2.45, 2.75) is 25.6 Å². The van der Waals surface area contributed by atoms with Gasteiger partial charge in [0, 0.05) is 0 Å². The number of nitrogens with one attached hydrogen (secondary N) is 1. The number of carbonyl (C=O) groups excluding carboxylic acids is 2. The van der Waals surface area contributed by atoms with Crippen LogP contribution < -0.4 is 11.1 Å². The Kier molecular flexibility index (Phi) is 3.70. The highest BCUT2D eigenvalue weighted by atomic mass is 19.4. The van der Waals surface area contributed by atoms with Crippen LogP contribution in [0.5, 0.6) is 0 Å². The quantitative estimate of drug-likeness (QED) is 0.666. The van der Waals surface area contributed by atoms with E-state index in [0.29, 0.717) is 0 Å². The maximum atomic E-state index is 11.6. The molecule has 0 unspecified atom stereocenters. The van der Waals surface area contributed by atoms with Crippen LogP contribution in [-0.2, 0) is 9.59 Å². The van der Waals surface area contributed by atoms with E-state index >= 15 is 0 Å². The van der Waals surface area contributed by atoms with Crippen molar-refractivity contribution < 1.29 is 22.8 Å². The lowest BCUT2D eigenvalue weighted by Gasteiger charge is -2.11. The highest BCUT2D eigenvalue weighted by molar-refractivity contribution is 5.86. The molecule has 0 radical (unpaired) electrons. The Balaban J connectivity index is 3.96. The van der Waals surface area contributed by atoms with Crippen LogP contribution in [0.2, 0.25) is 0 Å². The summed E-state index contributed by atoms with van der Waals surface area (Å²) in [5, 5.41) is 1.80. The molecule has 0 fully saturated rings. The van der Waals surface area contributed by atoms with E-state index in [4.69, 9.17) is 5.73 Å². The molecular formula is C6H9F3N2O2. The number of rotatable bonds is 3. The number of amides is 2. The van der Waals surface area contributed by atoms with Crippen molar-refractivity contribution in [2.24, 2.45) is 5.73 Å². The molecule has 0 aromatic heterocycles. The van der Waals surface area contributed by atoms with Gasteiger partial charge in [-0.15, -0.1) is 0 Å². The molecule has 1 atom stereocenters. The van der Waals surface area contributed by atoms with Gasteiger partial charge in [0.1, 0.15) is 12.5 Å². The summed E-state index contributed by atoms with van der Waals surface area (Å²) in [7, 11) is 0. The van der Waals surface area contributed by atoms with E-state index in [9.17, 15) is 22.8 Å². The number of carbonyl (C=O) groups is 2. The normalized spacial score (nSPS) is 13.5. The molecular weight excluding hydrogens is 189 g/mol. The van der Waals surface area contributed by atoms with Gasteiger partial charge in [-0.3, -0.25) is 9.59 Å². The number of alkyl halides is 3. The molecule has 3 N–H and O–H groups in total. The summed E-state index contributed by atoms with van der Waals surface area (Å²) in [6.07, 6.45) is -6.17. The van der Waals surface area contributed by atoms with Gasteiger partial charge >= 0.3 is 6.18 Å². The number of primary amides is 1. The van der Waals surface area contributed by atoms with Gasteiger partial charge in [-0.2, -0.15) is 13.2 Å². The largest absolute Gasteiger partial charge is 0.397 e. The standard InChI is InChI=1S/C6H9F3N2O2/c1-3(5(10)13)11-4(12)2-6(7,8)9/h3H,2H2,1H3,(H2,10,13)(H,11,12)/t3-/m0/s1. The maximum absolute atomic E-state index is 11.6. The lowest BCUT2D eigenvalue weighted by Crippen LogP contribution is -2.43. The van der Waals surface area contributed by atoms with Gasteiger partial charge < -0.3 is 11.1 Å². The topological polar surface area (TPSA) is 72.2 Å². The van der Waals surface area contributed by atoms with E-state index in [2.05, 4.69) is 0 Å². The van der Waals surface area contributed by atoms with Crippen LogP contribution >= 0.6 is 0 Å². The lowest BCUT2D eigenvalue weighted by atomic mass is 10.3. The van der Waals surface area contributed by atoms with Crippen LogP contribution in [0, 0.1) is 0 Å². The first-order valence-corrected chi connectivity index (χ1v) is 3.38. The zero-order chi connectivity index (χ0) is 10.6. The molecule has 0 saturated heterocycles. The second-order valence-corrected chi connectivity index (χ2v) is 2.48. The highest BCUT2D eigenvalue weighted by Crippen LogP contribution is 2.18. The molecule has 0 aromatic carbocycles. The van der Waals surface area contributed by atoms with Gasteiger partial charge in [0.2, 0.25) is 11.8 Å². The number of hydrogen-bond donors (Lipinski definition) is 2. The summed E-state index contributed by atoms with van der Waals surface area (Å²) >= 11 is 0. The first-order valence-electron chi connectivity index (χ1n) is 3.38. The van der Waals surface area contributed by atoms with Crippen molar-refractivity contribution in [1.82, 2.24) is 5.32 Å². The minimum absolute atomic E-state index is 0.879. The third-order valence-corrected chi connectivity index (χ3v) is 1.17. The monoisotopic (exact) mass is 198 g/mol. The first-order chi connectivity index (χ1) is 5.72. The van der Waals surface area contributed by atoms with Gasteiger partial charge in [-0.05, 0) is 6.92 Å². The number of nitrogens with two attached hydrogens (primary N) is 1. The molecule has 13 heavy (non-hydrogen) atoms. The van der Waals surface area contributed by atoms with Crippen LogP contribution in [0.1, 0.15) is 13.3 Å². The minimum atomic E-state index is -4.57. The van der Waals surface area contributed by atoms with Gasteiger partial charge in [0.05, 0.1) is 0 Å². The molecule has 0 aliphatic carbocycles. The zero-order valence-corrected chi connectivity index (χ0v) is 6.81. The van der Waals surface area contributed by atoms with Crippen LogP contribution in [0.15, 0.2) is 0 Å². The summed E-state index contributed by atoms with van der Waals surface area (Å²) in [4.78, 5) is 20.9. The zero-order valence-electron chi connectivity index (χ0n) is 6.81. The lowest BCUT2D eigenvalue weighted by molar-refractivity contribution is -0.154. The maximum Gasteiger partial charge on any atom is 0.397 e. The number of halogens is 3. The Morgan fingerprint density at radius 1 is 1.46 bits per heavy atom. The predicted molar refractivity (Wildman–Crippen MR) is 37.5 cm³/mol. The average molecular weight is 198 g/mol. The summed E-state index contributed by atoms with van der Waals surface area (Å²) in [5.74, 6) is -2.14. The third-order valence-electron chi connectivity index (χ3n) is 1.17. The predicted octanol–water partition coefficient (Wildman–Crippen LogP) is -0.0712. The molecule has 76 valence electrons. The molecule has 0 rings (SSSR count). The van der Waals surface area contributed by atoms with Gasteiger partial charge in [0.15, 0.2) is 0 Å². The number of hydrogen-bond acceptors (Lipinski definition) is 2. The van der Waals surface area contributed by atoms with E-state index < -0.39 is 30.5 Å². The van der Waals surface area contributed by atoms with Crippen molar-refractivity contribution in [2.75, 3.05) is 0 Å². The van der Waals surface area contributed by atoms with Crippen molar-refractivity contribution in [3.05, 3.63) is 0 Å². The Morgan fingerprint density at radius 3 is 2.23 bits per heavy atom. The molecule has 2 amide bonds. The Morgan fingerprint density at radius 2 is 1.92 bits per heavy atom. The summed E-state index contributed by atoms with van der Waals surface area (Å²) in [6.45, 7) is 1.20. The van der Waals surface area contributed by atoms with Crippen LogP contribution in [0.25, 0.3) is 0 Å². The van der Waals surface area contributed by atoms with Gasteiger partial charge in [-0.25, -0.2) is 0 Å². The van der Waals surface area contributed by atoms with E-state index in [-0.39, 0.29) is 0 Å². The van der Waals surface area contributed by atoms with E-state index in [1.54, 1.807) is 5.32 Å². The van der Waals surface area contributed by atoms with E-state index in [1.807, 2.05) is 0 Å². The van der Waals surface area contributed by atoms with Crippen LogP contribution in [-0.4, -0.2) is 24.0 Å². The minimum Gasteiger partial charge on any atom is -0.368 e. The second-order valence-electron chi connectivity index (χ2n) is 2.48. The van der Waals surface area contributed by atoms with Crippen LogP contribution in [0.4, 0.5) is 13.2 Å². The highest BCUT2D eigenvalue weighted by Gasteiger charge is 2.31. The summed E-state index contributed by atoms with van der Waals surface area (Å²) in [6, 6.07) is -1.09. The SMILES string of the molecule is C[C@H](NC(=O)CC(F)(F)F)C(N)=O. The molecule has 0 spiro atoms. The van der Waals surface area contributed by atoms with Crippen LogP contribution in [0.3, 0.4) is 0 Å². The van der Waals surface area contributed by atoms with Crippen molar-refractivity contribution >= 4 is 11.8 Å². The molecule has 0 aromatic rings. The second kappa shape index (κ2) is 4.11. The van der Waals surface area contributed by atoms with E-state index in [0.717, 1.165) is 0 Å². The van der Waals surface area contributed by atoms with E-state index in [1.165, 1.54) is 6.92 Å². The van der Waals surface area contributed by atoms with Crippen molar-refractivity contribution in [3.63, 3.8) is 0 Å². The molecule has 0 aliphatic rings. The molecule has 0 aliphatic heterocycles. The van der Waals surface area contributed by atoms with Crippen molar-refractivity contribution in [1.29, 1.82) is 0 Å². The molecule has 0 bridgehead atoms. The molecule has 4 nitrogen and oxygen atoms in total. The fourth-order valence-corrected chi connectivity index (χ4v) is 0.546. The van der Waals surface area contributed by atoms with Gasteiger partial charge in [0.25, 0.3) is 0 Å². The molecule has 7 heteroatoms. The summed E-state index contributed by atoms with van der Waals surface area (Å²) < 4.78 is 34.7. The third kappa shape index (κ3) is 5.94. The Bertz CT molecular complexity index is 214. The first kappa shape index (κ1) is 11.7. The smallest absolute Gasteiger partial charge is 0.368 e. The average Bonchev–Trinajstić information content (AvgIpc) is 1.81. The Hall–Kier alpha value is -1.27. The van der Waals surface area contributed by atoms with Gasteiger partial charge in [-0.1, -0.05) is 0 Å². The molecule has 0 heterocycles. The van der Waals surface area contributed by atoms with Crippen molar-refractivity contribution in [3.8, 4) is 0 Å². The Labute approximate surface area is 72.3 Å². The summed E-state index contributed by atoms with van der Waals surface area (Å²) in [5.41, 5.74) is 4.71. The fraction of sp³-hybridized carbons (Fsp3) is 0.667. The fourth-order valence-electron chi connectivity index (χ4n) is 0.546. The molecule has 0 saturated carbocycles.